The quantitative estimate of drug-likeness (QED) is 0.204. The number of piperidine rings is 1. The van der Waals surface area contributed by atoms with Crippen molar-refractivity contribution < 1.29 is 13.2 Å². The summed E-state index contributed by atoms with van der Waals surface area (Å²) in [6, 6.07) is 21.9. The molecule has 3 aromatic carbocycles. The Hall–Kier alpha value is -3.37. The van der Waals surface area contributed by atoms with Crippen LogP contribution in [0.2, 0.25) is 10.0 Å². The van der Waals surface area contributed by atoms with Crippen LogP contribution >= 0.6 is 23.2 Å². The van der Waals surface area contributed by atoms with Crippen molar-refractivity contribution in [2.45, 2.75) is 82.2 Å². The number of carbonyl (C=O) groups is 1. The van der Waals surface area contributed by atoms with Crippen LogP contribution in [0.5, 0.6) is 0 Å². The minimum Gasteiger partial charge on any atom is -0.308 e. The zero-order valence-corrected chi connectivity index (χ0v) is 28.8. The van der Waals surface area contributed by atoms with Gasteiger partial charge in [0, 0.05) is 34.3 Å². The molecule has 2 fully saturated rings. The number of rotatable bonds is 7. The predicted octanol–water partition coefficient (Wildman–Crippen LogP) is 8.60. The summed E-state index contributed by atoms with van der Waals surface area (Å²) in [6.45, 7) is 8.31. The Balaban J connectivity index is 1.12. The topological polar surface area (TPSA) is 96.3 Å². The third-order valence-corrected chi connectivity index (χ3v) is 11.6. The van der Waals surface area contributed by atoms with Gasteiger partial charge in [0.15, 0.2) is 0 Å². The summed E-state index contributed by atoms with van der Waals surface area (Å²) < 4.78 is 30.7. The predicted molar refractivity (Wildman–Crippen MR) is 185 cm³/mol. The number of nitrogens with one attached hydrogen (secondary N) is 2. The lowest BCUT2D eigenvalue weighted by atomic mass is 9.87. The Bertz CT molecular complexity index is 1850. The van der Waals surface area contributed by atoms with E-state index in [0.29, 0.717) is 22.4 Å². The van der Waals surface area contributed by atoms with E-state index < -0.39 is 10.0 Å². The normalized spacial score (nSPS) is 20.1. The lowest BCUT2D eigenvalue weighted by Gasteiger charge is -2.38. The van der Waals surface area contributed by atoms with E-state index in [1.807, 2.05) is 55.5 Å². The van der Waals surface area contributed by atoms with Crippen molar-refractivity contribution in [2.24, 2.45) is 5.92 Å². The smallest absolute Gasteiger partial charge is 0.308 e. The van der Waals surface area contributed by atoms with E-state index in [1.165, 1.54) is 12.1 Å². The number of hydrogen-bond donors (Lipinski definition) is 2. The number of sulfonamides is 1. The van der Waals surface area contributed by atoms with E-state index >= 15 is 0 Å². The van der Waals surface area contributed by atoms with Gasteiger partial charge in [-0.2, -0.15) is 9.40 Å². The molecule has 1 aromatic heterocycles. The minimum absolute atomic E-state index is 0.0658. The Morgan fingerprint density at radius 3 is 2.28 bits per heavy atom. The first kappa shape index (κ1) is 32.6. The third-order valence-electron chi connectivity index (χ3n) is 8.92. The van der Waals surface area contributed by atoms with E-state index in [2.05, 4.69) is 37.5 Å². The van der Waals surface area contributed by atoms with E-state index in [1.54, 1.807) is 15.1 Å². The molecule has 4 aromatic rings. The molecule has 0 aliphatic carbocycles. The van der Waals surface area contributed by atoms with Crippen LogP contribution in [0, 0.1) is 12.8 Å². The second kappa shape index (κ2) is 12.7. The summed E-state index contributed by atoms with van der Waals surface area (Å²) >= 11 is 12.3. The van der Waals surface area contributed by atoms with Crippen LogP contribution in [0.4, 0.5) is 16.3 Å². The second-order valence-electron chi connectivity index (χ2n) is 13.5. The highest BCUT2D eigenvalue weighted by Gasteiger charge is 2.47. The van der Waals surface area contributed by atoms with Crippen LogP contribution in [0.3, 0.4) is 0 Å². The SMILES string of the molecule is Cc1ccc(-n2nc(C(C)(C)C)cc2NC(=O)Nc2cccc(CC3CC4CCC(C3)N4S(=O)(=O)c3ccc(Cl)cc3Cl)c2)cc1. The van der Waals surface area contributed by atoms with Crippen molar-refractivity contribution in [3.8, 4) is 5.69 Å². The second-order valence-corrected chi connectivity index (χ2v) is 16.2. The number of hydrogen-bond acceptors (Lipinski definition) is 4. The molecule has 46 heavy (non-hydrogen) atoms. The summed E-state index contributed by atoms with van der Waals surface area (Å²) in [6.07, 6.45) is 4.03. The highest BCUT2D eigenvalue weighted by Crippen LogP contribution is 2.44. The average molecular weight is 681 g/mol. The van der Waals surface area contributed by atoms with Crippen molar-refractivity contribution in [3.05, 3.63) is 99.7 Å². The fourth-order valence-corrected chi connectivity index (χ4v) is 9.35. The summed E-state index contributed by atoms with van der Waals surface area (Å²) in [4.78, 5) is 13.3. The molecule has 2 unspecified atom stereocenters. The van der Waals surface area contributed by atoms with Crippen molar-refractivity contribution in [2.75, 3.05) is 10.6 Å². The lowest BCUT2D eigenvalue weighted by Crippen LogP contribution is -2.46. The number of urea groups is 1. The fourth-order valence-electron chi connectivity index (χ4n) is 6.71. The molecule has 2 atom stereocenters. The zero-order valence-electron chi connectivity index (χ0n) is 26.4. The third kappa shape index (κ3) is 6.83. The fraction of sp³-hybridized carbons (Fsp3) is 0.371. The largest absolute Gasteiger partial charge is 0.324 e. The Labute approximate surface area is 281 Å². The van der Waals surface area contributed by atoms with Crippen molar-refractivity contribution in [3.63, 3.8) is 0 Å². The average Bonchev–Trinajstić information content (AvgIpc) is 3.52. The van der Waals surface area contributed by atoms with E-state index in [4.69, 9.17) is 28.3 Å². The lowest BCUT2D eigenvalue weighted by molar-refractivity contribution is 0.190. The molecule has 0 spiro atoms. The molecule has 2 aliphatic rings. The highest BCUT2D eigenvalue weighted by atomic mass is 35.5. The molecule has 0 saturated carbocycles. The van der Waals surface area contributed by atoms with Gasteiger partial charge in [0.25, 0.3) is 0 Å². The highest BCUT2D eigenvalue weighted by molar-refractivity contribution is 7.89. The van der Waals surface area contributed by atoms with Crippen molar-refractivity contribution in [1.82, 2.24) is 14.1 Å². The number of fused-ring (bicyclic) bond motifs is 2. The molecule has 242 valence electrons. The first-order chi connectivity index (χ1) is 21.8. The molecule has 2 bridgehead atoms. The monoisotopic (exact) mass is 679 g/mol. The van der Waals surface area contributed by atoms with Crippen LogP contribution in [-0.4, -0.2) is 40.6 Å². The van der Waals surface area contributed by atoms with Gasteiger partial charge in [-0.25, -0.2) is 17.9 Å². The van der Waals surface area contributed by atoms with Gasteiger partial charge in [-0.1, -0.05) is 73.8 Å². The molecule has 0 radical (unpaired) electrons. The van der Waals surface area contributed by atoms with Crippen LogP contribution in [-0.2, 0) is 21.9 Å². The van der Waals surface area contributed by atoms with Gasteiger partial charge in [0.05, 0.1) is 16.4 Å². The number of amides is 2. The van der Waals surface area contributed by atoms with E-state index in [9.17, 15) is 13.2 Å². The molecule has 3 heterocycles. The number of aryl methyl sites for hydroxylation is 1. The Morgan fingerprint density at radius 2 is 1.63 bits per heavy atom. The van der Waals surface area contributed by atoms with Gasteiger partial charge in [-0.3, -0.25) is 5.32 Å². The van der Waals surface area contributed by atoms with Crippen LogP contribution in [0.25, 0.3) is 5.69 Å². The maximum absolute atomic E-state index is 13.6. The maximum atomic E-state index is 13.6. The molecule has 2 saturated heterocycles. The van der Waals surface area contributed by atoms with Crippen molar-refractivity contribution >= 4 is 50.8 Å². The molecule has 2 aliphatic heterocycles. The Kier molecular flexibility index (Phi) is 8.97. The van der Waals surface area contributed by atoms with Gasteiger partial charge in [-0.05, 0) is 93.0 Å². The minimum atomic E-state index is -3.74. The molecule has 2 amide bonds. The molecule has 11 heteroatoms. The number of anilines is 2. The van der Waals surface area contributed by atoms with E-state index in [0.717, 1.165) is 54.6 Å². The van der Waals surface area contributed by atoms with Gasteiger partial charge in [-0.15, -0.1) is 0 Å². The van der Waals surface area contributed by atoms with Gasteiger partial charge in [0.2, 0.25) is 10.0 Å². The van der Waals surface area contributed by atoms with Crippen LogP contribution in [0.1, 0.15) is 63.3 Å². The zero-order chi connectivity index (χ0) is 32.8. The summed E-state index contributed by atoms with van der Waals surface area (Å²) in [5.41, 5.74) is 4.47. The van der Waals surface area contributed by atoms with Gasteiger partial charge < -0.3 is 5.32 Å². The number of carbonyl (C=O) groups excluding carboxylic acids is 1. The van der Waals surface area contributed by atoms with Crippen molar-refractivity contribution in [1.29, 1.82) is 0 Å². The number of benzene rings is 3. The molecular weight excluding hydrogens is 641 g/mol. The Morgan fingerprint density at radius 1 is 0.935 bits per heavy atom. The number of halogens is 2. The first-order valence-electron chi connectivity index (χ1n) is 15.6. The number of nitrogens with zero attached hydrogens (tertiary/aromatic N) is 3. The first-order valence-corrected chi connectivity index (χ1v) is 17.8. The summed E-state index contributed by atoms with van der Waals surface area (Å²) in [5.74, 6) is 0.910. The van der Waals surface area contributed by atoms with Gasteiger partial charge >= 0.3 is 6.03 Å². The summed E-state index contributed by atoms with van der Waals surface area (Å²) in [5, 5.41) is 11.3. The van der Waals surface area contributed by atoms with Crippen LogP contribution < -0.4 is 10.6 Å². The molecule has 2 N–H and O–H groups in total. The summed E-state index contributed by atoms with van der Waals surface area (Å²) in [7, 11) is -3.74. The van der Waals surface area contributed by atoms with Crippen LogP contribution in [0.15, 0.2) is 77.7 Å². The number of aromatic nitrogens is 2. The van der Waals surface area contributed by atoms with E-state index in [-0.39, 0.29) is 33.4 Å². The molecule has 6 rings (SSSR count). The maximum Gasteiger partial charge on any atom is 0.324 e. The van der Waals surface area contributed by atoms with Gasteiger partial charge in [0.1, 0.15) is 10.7 Å². The molecular formula is C35H39Cl2N5O3S. The standard InChI is InChI=1S/C35H39Cl2N5O3S/c1-22-8-11-27(12-9-22)41-33(21-32(40-41)35(2,3)4)39-34(43)38-26-7-5-6-23(17-26)16-24-18-28-13-14-29(19-24)42(28)46(44,45)31-15-10-25(36)20-30(31)37/h5-12,15,17,20-21,24,28-29H,13-14,16,18-19H2,1-4H3,(H2,38,39,43). The molecule has 8 nitrogen and oxygen atoms in total.